The maximum atomic E-state index is 4.92. The van der Waals surface area contributed by atoms with Crippen LogP contribution in [0.25, 0.3) is 44.1 Å². The van der Waals surface area contributed by atoms with Crippen molar-refractivity contribution in [2.24, 2.45) is 0 Å². The van der Waals surface area contributed by atoms with Crippen LogP contribution >= 0.6 is 0 Å². The fourth-order valence-corrected chi connectivity index (χ4v) is 4.13. The number of nitrogens with zero attached hydrogens (tertiary/aromatic N) is 4. The second-order valence-electron chi connectivity index (χ2n) is 8.06. The molecule has 0 aliphatic rings. The van der Waals surface area contributed by atoms with E-state index in [1.165, 1.54) is 0 Å². The molecule has 0 saturated carbocycles. The molecule has 4 nitrogen and oxygen atoms in total. The SMILES string of the molecule is CCc1ccc(-c2cc(C)nc3c2ccc2c(-c4ccc(C)nc4)cc(C)nc23)cn1. The number of aryl methyl sites for hydroxylation is 4. The van der Waals surface area contributed by atoms with E-state index in [1.54, 1.807) is 0 Å². The van der Waals surface area contributed by atoms with Gasteiger partial charge in [0.1, 0.15) is 0 Å². The molecule has 0 aliphatic heterocycles. The summed E-state index contributed by atoms with van der Waals surface area (Å²) in [5.74, 6) is 0. The molecule has 5 rings (SSSR count). The van der Waals surface area contributed by atoms with Crippen molar-refractivity contribution < 1.29 is 0 Å². The first-order valence-electron chi connectivity index (χ1n) is 10.6. The van der Waals surface area contributed by atoms with Crippen LogP contribution < -0.4 is 0 Å². The van der Waals surface area contributed by atoms with Crippen molar-refractivity contribution in [2.45, 2.75) is 34.1 Å². The van der Waals surface area contributed by atoms with E-state index in [1.807, 2.05) is 39.2 Å². The second-order valence-corrected chi connectivity index (χ2v) is 8.06. The zero-order chi connectivity index (χ0) is 21.5. The van der Waals surface area contributed by atoms with Gasteiger partial charge in [0.05, 0.1) is 11.0 Å². The number of rotatable bonds is 3. The summed E-state index contributed by atoms with van der Waals surface area (Å²) < 4.78 is 0. The van der Waals surface area contributed by atoms with Gasteiger partial charge in [-0.1, -0.05) is 31.2 Å². The Morgan fingerprint density at radius 2 is 1.16 bits per heavy atom. The van der Waals surface area contributed by atoms with Crippen molar-refractivity contribution in [3.05, 3.63) is 83.7 Å². The fraction of sp³-hybridized carbons (Fsp3) is 0.185. The van der Waals surface area contributed by atoms with Gasteiger partial charge in [0.25, 0.3) is 0 Å². The van der Waals surface area contributed by atoms with E-state index >= 15 is 0 Å². The third-order valence-electron chi connectivity index (χ3n) is 5.73. The Bertz CT molecular complexity index is 1420. The maximum absolute atomic E-state index is 4.92. The second kappa shape index (κ2) is 7.55. The van der Waals surface area contributed by atoms with Crippen LogP contribution in [0.4, 0.5) is 0 Å². The molecule has 0 aliphatic carbocycles. The third kappa shape index (κ3) is 3.44. The van der Waals surface area contributed by atoms with Gasteiger partial charge in [-0.3, -0.25) is 19.9 Å². The Morgan fingerprint density at radius 1 is 0.613 bits per heavy atom. The quantitative estimate of drug-likeness (QED) is 0.327. The zero-order valence-corrected chi connectivity index (χ0v) is 18.3. The molecule has 0 amide bonds. The van der Waals surface area contributed by atoms with E-state index in [4.69, 9.17) is 9.97 Å². The van der Waals surface area contributed by atoms with Gasteiger partial charge in [0.15, 0.2) is 0 Å². The summed E-state index contributed by atoms with van der Waals surface area (Å²) in [5, 5.41) is 2.18. The Hall–Kier alpha value is -3.66. The average Bonchev–Trinajstić information content (AvgIpc) is 2.78. The highest BCUT2D eigenvalue weighted by molar-refractivity contribution is 6.11. The van der Waals surface area contributed by atoms with Crippen molar-refractivity contribution >= 4 is 21.8 Å². The van der Waals surface area contributed by atoms with E-state index in [-0.39, 0.29) is 0 Å². The summed E-state index contributed by atoms with van der Waals surface area (Å²) in [7, 11) is 0. The molecule has 1 aromatic carbocycles. The van der Waals surface area contributed by atoms with Gasteiger partial charge in [-0.05, 0) is 62.6 Å². The molecule has 0 radical (unpaired) electrons. The van der Waals surface area contributed by atoms with Crippen LogP contribution in [0.3, 0.4) is 0 Å². The molecule has 0 fully saturated rings. The Labute approximate surface area is 182 Å². The molecular weight excluding hydrogens is 380 g/mol. The van der Waals surface area contributed by atoms with E-state index in [0.29, 0.717) is 0 Å². The van der Waals surface area contributed by atoms with Crippen molar-refractivity contribution in [1.82, 2.24) is 19.9 Å². The number of fused-ring (bicyclic) bond motifs is 3. The summed E-state index contributed by atoms with van der Waals surface area (Å²) in [5.41, 5.74) is 10.4. The van der Waals surface area contributed by atoms with Gasteiger partial charge in [-0.15, -0.1) is 0 Å². The molecule has 0 bridgehead atoms. The number of aromatic nitrogens is 4. The zero-order valence-electron chi connectivity index (χ0n) is 18.3. The summed E-state index contributed by atoms with van der Waals surface area (Å²) in [4.78, 5) is 18.9. The summed E-state index contributed by atoms with van der Waals surface area (Å²) in [6, 6.07) is 17.0. The molecule has 152 valence electrons. The third-order valence-corrected chi connectivity index (χ3v) is 5.73. The lowest BCUT2D eigenvalue weighted by Gasteiger charge is -2.13. The molecule has 0 atom stereocenters. The van der Waals surface area contributed by atoms with Gasteiger partial charge in [-0.25, -0.2) is 0 Å². The van der Waals surface area contributed by atoms with Crippen molar-refractivity contribution in [2.75, 3.05) is 0 Å². The number of hydrogen-bond acceptors (Lipinski definition) is 4. The van der Waals surface area contributed by atoms with Crippen LogP contribution in [0.15, 0.2) is 60.9 Å². The van der Waals surface area contributed by atoms with E-state index < -0.39 is 0 Å². The first-order chi connectivity index (χ1) is 15.0. The lowest BCUT2D eigenvalue weighted by molar-refractivity contribution is 1.04. The number of hydrogen-bond donors (Lipinski definition) is 0. The minimum Gasteiger partial charge on any atom is -0.261 e. The highest BCUT2D eigenvalue weighted by atomic mass is 14.8. The minimum absolute atomic E-state index is 0.927. The molecule has 0 saturated heterocycles. The molecule has 4 heteroatoms. The Balaban J connectivity index is 1.80. The lowest BCUT2D eigenvalue weighted by atomic mass is 9.96. The topological polar surface area (TPSA) is 51.6 Å². The monoisotopic (exact) mass is 404 g/mol. The molecular formula is C27H24N4. The standard InChI is InChI=1S/C27H24N4/c1-5-21-9-8-20(15-29-21)25-13-18(4)31-27-23(25)11-10-22-24(12-17(3)30-26(22)27)19-7-6-16(2)28-14-19/h6-15H,5H2,1-4H3. The highest BCUT2D eigenvalue weighted by Crippen LogP contribution is 2.36. The predicted octanol–water partition coefficient (Wildman–Crippen LogP) is 6.39. The minimum atomic E-state index is 0.927. The van der Waals surface area contributed by atoms with E-state index in [9.17, 15) is 0 Å². The fourth-order valence-electron chi connectivity index (χ4n) is 4.13. The van der Waals surface area contributed by atoms with Gasteiger partial charge >= 0.3 is 0 Å². The summed E-state index contributed by atoms with van der Waals surface area (Å²) in [6.07, 6.45) is 4.83. The van der Waals surface area contributed by atoms with Crippen LogP contribution in [0.2, 0.25) is 0 Å². The smallest absolute Gasteiger partial charge is 0.0974 e. The molecule has 0 spiro atoms. The van der Waals surface area contributed by atoms with Crippen LogP contribution in [0, 0.1) is 20.8 Å². The van der Waals surface area contributed by atoms with Crippen molar-refractivity contribution in [1.29, 1.82) is 0 Å². The van der Waals surface area contributed by atoms with E-state index in [0.717, 1.165) is 73.3 Å². The Morgan fingerprint density at radius 3 is 1.61 bits per heavy atom. The highest BCUT2D eigenvalue weighted by Gasteiger charge is 2.14. The molecule has 0 N–H and O–H groups in total. The molecule has 4 heterocycles. The molecule has 0 unspecified atom stereocenters. The van der Waals surface area contributed by atoms with Crippen molar-refractivity contribution in [3.8, 4) is 22.3 Å². The van der Waals surface area contributed by atoms with E-state index in [2.05, 4.69) is 59.4 Å². The van der Waals surface area contributed by atoms with Crippen LogP contribution in [0.1, 0.15) is 29.7 Å². The molecule has 4 aromatic heterocycles. The molecule has 5 aromatic rings. The Kier molecular flexibility index (Phi) is 4.70. The van der Waals surface area contributed by atoms with Crippen molar-refractivity contribution in [3.63, 3.8) is 0 Å². The van der Waals surface area contributed by atoms with Gasteiger partial charge in [-0.2, -0.15) is 0 Å². The summed E-state index contributed by atoms with van der Waals surface area (Å²) in [6.45, 7) is 8.20. The maximum Gasteiger partial charge on any atom is 0.0974 e. The average molecular weight is 405 g/mol. The number of pyridine rings is 4. The van der Waals surface area contributed by atoms with Crippen LogP contribution in [-0.2, 0) is 6.42 Å². The normalized spacial score (nSPS) is 11.4. The summed E-state index contributed by atoms with van der Waals surface area (Å²) >= 11 is 0. The largest absolute Gasteiger partial charge is 0.261 e. The first-order valence-corrected chi connectivity index (χ1v) is 10.6. The predicted molar refractivity (Wildman–Crippen MR) is 127 cm³/mol. The van der Waals surface area contributed by atoms with Gasteiger partial charge in [0.2, 0.25) is 0 Å². The van der Waals surface area contributed by atoms with Crippen LogP contribution in [0.5, 0.6) is 0 Å². The number of benzene rings is 1. The van der Waals surface area contributed by atoms with Crippen LogP contribution in [-0.4, -0.2) is 19.9 Å². The molecule has 31 heavy (non-hydrogen) atoms. The van der Waals surface area contributed by atoms with Gasteiger partial charge < -0.3 is 0 Å². The lowest BCUT2D eigenvalue weighted by Crippen LogP contribution is -1.95. The first kappa shape index (κ1) is 19.3. The van der Waals surface area contributed by atoms with Gasteiger partial charge in [0, 0.05) is 57.1 Å².